The molecule has 100 valence electrons. The molecular weight excluding hydrogens is 250 g/mol. The summed E-state index contributed by atoms with van der Waals surface area (Å²) < 4.78 is 5.30. The summed E-state index contributed by atoms with van der Waals surface area (Å²) in [4.78, 5) is 18.4. The molecule has 0 bridgehead atoms. The Balaban J connectivity index is 1.86. The molecule has 0 aromatic carbocycles. The number of morpholine rings is 1. The zero-order valence-electron chi connectivity index (χ0n) is 10.6. The number of amides is 1. The van der Waals surface area contributed by atoms with Crippen LogP contribution in [0.25, 0.3) is 0 Å². The Bertz CT molecular complexity index is 388. The molecule has 1 fully saturated rings. The third-order valence-electron chi connectivity index (χ3n) is 2.78. The lowest BCUT2D eigenvalue weighted by Gasteiger charge is -2.25. The van der Waals surface area contributed by atoms with Crippen LogP contribution in [-0.2, 0) is 11.3 Å². The molecule has 2 rings (SSSR count). The van der Waals surface area contributed by atoms with Crippen molar-refractivity contribution in [2.45, 2.75) is 19.9 Å². The van der Waals surface area contributed by atoms with E-state index in [0.29, 0.717) is 12.2 Å². The first-order valence-electron chi connectivity index (χ1n) is 6.32. The van der Waals surface area contributed by atoms with E-state index in [1.807, 2.05) is 12.3 Å². The van der Waals surface area contributed by atoms with E-state index in [4.69, 9.17) is 4.74 Å². The maximum absolute atomic E-state index is 11.7. The van der Waals surface area contributed by atoms with Gasteiger partial charge in [-0.05, 0) is 6.42 Å². The van der Waals surface area contributed by atoms with Crippen LogP contribution in [0, 0.1) is 0 Å². The molecule has 18 heavy (non-hydrogen) atoms. The maximum Gasteiger partial charge on any atom is 0.270 e. The van der Waals surface area contributed by atoms with E-state index in [9.17, 15) is 4.79 Å². The molecule has 0 saturated carbocycles. The first-order chi connectivity index (χ1) is 8.79. The van der Waals surface area contributed by atoms with Gasteiger partial charge < -0.3 is 10.1 Å². The fraction of sp³-hybridized carbons (Fsp3) is 0.667. The molecule has 0 spiro atoms. The van der Waals surface area contributed by atoms with Gasteiger partial charge in [-0.25, -0.2) is 4.98 Å². The molecule has 0 atom stereocenters. The highest BCUT2D eigenvalue weighted by Gasteiger charge is 2.14. The molecule has 6 heteroatoms. The van der Waals surface area contributed by atoms with Gasteiger partial charge >= 0.3 is 0 Å². The highest BCUT2D eigenvalue weighted by Crippen LogP contribution is 2.13. The monoisotopic (exact) mass is 269 g/mol. The van der Waals surface area contributed by atoms with Crippen molar-refractivity contribution in [2.75, 3.05) is 32.8 Å². The molecule has 1 aliphatic heterocycles. The van der Waals surface area contributed by atoms with Gasteiger partial charge in [0.1, 0.15) is 10.7 Å². The van der Waals surface area contributed by atoms with Crippen molar-refractivity contribution in [3.05, 3.63) is 16.1 Å². The minimum Gasteiger partial charge on any atom is -0.379 e. The second kappa shape index (κ2) is 6.82. The average molecular weight is 269 g/mol. The van der Waals surface area contributed by atoms with Crippen molar-refractivity contribution < 1.29 is 9.53 Å². The second-order valence-corrected chi connectivity index (χ2v) is 5.21. The fourth-order valence-corrected chi connectivity index (χ4v) is 2.58. The van der Waals surface area contributed by atoms with E-state index in [-0.39, 0.29) is 5.91 Å². The summed E-state index contributed by atoms with van der Waals surface area (Å²) in [5.41, 5.74) is 0.539. The third kappa shape index (κ3) is 3.76. The number of ether oxygens (including phenoxy) is 1. The standard InChI is InChI=1S/C12H19N3O2S/c1-2-3-13-12(16)10-9-18-11(14-10)8-15-4-6-17-7-5-15/h9H,2-8H2,1H3,(H,13,16). The molecule has 2 heterocycles. The Kier molecular flexibility index (Phi) is 5.10. The molecule has 0 radical (unpaired) electrons. The van der Waals surface area contributed by atoms with Gasteiger partial charge in [0.25, 0.3) is 5.91 Å². The normalized spacial score (nSPS) is 16.7. The number of hydrogen-bond donors (Lipinski definition) is 1. The van der Waals surface area contributed by atoms with E-state index < -0.39 is 0 Å². The summed E-state index contributed by atoms with van der Waals surface area (Å²) in [6.07, 6.45) is 0.941. The molecule has 1 aliphatic rings. The number of aromatic nitrogens is 1. The zero-order valence-corrected chi connectivity index (χ0v) is 11.5. The molecule has 0 unspecified atom stereocenters. The topological polar surface area (TPSA) is 54.5 Å². The Morgan fingerprint density at radius 2 is 2.33 bits per heavy atom. The van der Waals surface area contributed by atoms with Gasteiger partial charge in [0, 0.05) is 25.0 Å². The summed E-state index contributed by atoms with van der Waals surface area (Å²) in [6, 6.07) is 0. The van der Waals surface area contributed by atoms with Gasteiger partial charge in [0.2, 0.25) is 0 Å². The lowest BCUT2D eigenvalue weighted by molar-refractivity contribution is 0.0341. The Morgan fingerprint density at radius 1 is 1.56 bits per heavy atom. The van der Waals surface area contributed by atoms with Crippen LogP contribution in [0.3, 0.4) is 0 Å². The van der Waals surface area contributed by atoms with Crippen LogP contribution in [0.15, 0.2) is 5.38 Å². The number of thiazole rings is 1. The molecule has 1 aromatic rings. The van der Waals surface area contributed by atoms with Crippen LogP contribution >= 0.6 is 11.3 Å². The van der Waals surface area contributed by atoms with E-state index >= 15 is 0 Å². The Morgan fingerprint density at radius 3 is 3.06 bits per heavy atom. The highest BCUT2D eigenvalue weighted by atomic mass is 32.1. The number of hydrogen-bond acceptors (Lipinski definition) is 5. The van der Waals surface area contributed by atoms with Crippen LogP contribution in [0.4, 0.5) is 0 Å². The highest BCUT2D eigenvalue weighted by molar-refractivity contribution is 7.09. The smallest absolute Gasteiger partial charge is 0.270 e. The predicted molar refractivity (Wildman–Crippen MR) is 70.8 cm³/mol. The molecule has 1 saturated heterocycles. The zero-order chi connectivity index (χ0) is 12.8. The number of rotatable bonds is 5. The van der Waals surface area contributed by atoms with Crippen LogP contribution in [0.1, 0.15) is 28.8 Å². The molecule has 5 nitrogen and oxygen atoms in total. The molecule has 1 amide bonds. The first kappa shape index (κ1) is 13.5. The lowest BCUT2D eigenvalue weighted by atomic mass is 10.4. The van der Waals surface area contributed by atoms with Crippen molar-refractivity contribution in [3.63, 3.8) is 0 Å². The van der Waals surface area contributed by atoms with Gasteiger partial charge in [-0.2, -0.15) is 0 Å². The second-order valence-electron chi connectivity index (χ2n) is 4.27. The van der Waals surface area contributed by atoms with Crippen molar-refractivity contribution in [1.82, 2.24) is 15.2 Å². The molecule has 1 N–H and O–H groups in total. The quantitative estimate of drug-likeness (QED) is 0.870. The maximum atomic E-state index is 11.7. The van der Waals surface area contributed by atoms with Gasteiger partial charge in [-0.1, -0.05) is 6.92 Å². The van der Waals surface area contributed by atoms with Crippen LogP contribution in [0.5, 0.6) is 0 Å². The van der Waals surface area contributed by atoms with Gasteiger partial charge in [0.15, 0.2) is 0 Å². The minimum absolute atomic E-state index is 0.0682. The van der Waals surface area contributed by atoms with Crippen molar-refractivity contribution in [3.8, 4) is 0 Å². The first-order valence-corrected chi connectivity index (χ1v) is 7.20. The van der Waals surface area contributed by atoms with Crippen molar-refractivity contribution in [2.24, 2.45) is 0 Å². The third-order valence-corrected chi connectivity index (χ3v) is 3.62. The summed E-state index contributed by atoms with van der Waals surface area (Å²) in [5, 5.41) is 5.67. The number of nitrogens with one attached hydrogen (secondary N) is 1. The van der Waals surface area contributed by atoms with Gasteiger partial charge in [-0.15, -0.1) is 11.3 Å². The average Bonchev–Trinajstić information content (AvgIpc) is 2.86. The van der Waals surface area contributed by atoms with Crippen molar-refractivity contribution in [1.29, 1.82) is 0 Å². The van der Waals surface area contributed by atoms with Gasteiger partial charge in [-0.3, -0.25) is 9.69 Å². The summed E-state index contributed by atoms with van der Waals surface area (Å²) in [6.45, 7) is 7.01. The minimum atomic E-state index is -0.0682. The van der Waals surface area contributed by atoms with E-state index in [1.165, 1.54) is 0 Å². The molecular formula is C12H19N3O2S. The predicted octanol–water partition coefficient (Wildman–Crippen LogP) is 1.12. The molecule has 1 aromatic heterocycles. The Labute approximate surface area is 111 Å². The van der Waals surface area contributed by atoms with Crippen LogP contribution < -0.4 is 5.32 Å². The SMILES string of the molecule is CCCNC(=O)c1csc(CN2CCOCC2)n1. The van der Waals surface area contributed by atoms with Crippen molar-refractivity contribution >= 4 is 17.2 Å². The Hall–Kier alpha value is -0.980. The molecule has 0 aliphatic carbocycles. The number of carbonyl (C=O) groups excluding carboxylic acids is 1. The number of nitrogens with zero attached hydrogens (tertiary/aromatic N) is 2. The summed E-state index contributed by atoms with van der Waals surface area (Å²) in [7, 11) is 0. The lowest BCUT2D eigenvalue weighted by Crippen LogP contribution is -2.35. The number of carbonyl (C=O) groups is 1. The summed E-state index contributed by atoms with van der Waals surface area (Å²) >= 11 is 1.55. The van der Waals surface area contributed by atoms with E-state index in [2.05, 4.69) is 15.2 Å². The van der Waals surface area contributed by atoms with E-state index in [0.717, 1.165) is 44.3 Å². The fourth-order valence-electron chi connectivity index (χ4n) is 1.77. The largest absolute Gasteiger partial charge is 0.379 e. The van der Waals surface area contributed by atoms with Gasteiger partial charge in [0.05, 0.1) is 19.8 Å². The van der Waals surface area contributed by atoms with Crippen LogP contribution in [0.2, 0.25) is 0 Å². The van der Waals surface area contributed by atoms with Crippen LogP contribution in [-0.4, -0.2) is 48.6 Å². The van der Waals surface area contributed by atoms with E-state index in [1.54, 1.807) is 11.3 Å². The summed E-state index contributed by atoms with van der Waals surface area (Å²) in [5.74, 6) is -0.0682.